The molecule has 7 nitrogen and oxygen atoms in total. The molecule has 1 heterocycles. The third-order valence-electron chi connectivity index (χ3n) is 7.23. The van der Waals surface area contributed by atoms with Crippen LogP contribution in [0.4, 0.5) is 0 Å². The minimum absolute atomic E-state index is 0.0964. The van der Waals surface area contributed by atoms with Crippen LogP contribution in [0.15, 0.2) is 42.6 Å². The molecule has 0 spiro atoms. The van der Waals surface area contributed by atoms with Crippen LogP contribution >= 0.6 is 0 Å². The number of pyridine rings is 1. The lowest BCUT2D eigenvalue weighted by atomic mass is 9.70. The number of ether oxygens (including phenoxy) is 2. The molecule has 172 valence electrons. The molecule has 2 fully saturated rings. The van der Waals surface area contributed by atoms with Crippen molar-refractivity contribution in [3.05, 3.63) is 48.2 Å². The molecule has 0 amide bonds. The van der Waals surface area contributed by atoms with E-state index in [2.05, 4.69) is 9.71 Å². The largest absolute Gasteiger partial charge is 0.494 e. The van der Waals surface area contributed by atoms with Crippen LogP contribution in [0.3, 0.4) is 0 Å². The van der Waals surface area contributed by atoms with Gasteiger partial charge in [0, 0.05) is 30.6 Å². The van der Waals surface area contributed by atoms with Gasteiger partial charge in [-0.3, -0.25) is 4.79 Å². The van der Waals surface area contributed by atoms with Crippen molar-refractivity contribution in [3.63, 3.8) is 0 Å². The number of benzene rings is 1. The van der Waals surface area contributed by atoms with E-state index in [0.717, 1.165) is 17.7 Å². The van der Waals surface area contributed by atoms with Crippen LogP contribution in [-0.2, 0) is 21.4 Å². The topological polar surface area (TPSA) is 94.6 Å². The summed E-state index contributed by atoms with van der Waals surface area (Å²) < 4.78 is 39.7. The standard InChI is InChI=1S/C24H30N2O5S/c1-4-30-19-5-7-20(8-6-19)31-22-13-17(10-12-25-22)15-26-32(28,29)16-24-11-9-18(14-21(24)27)23(24,2)3/h5-8,10,12-13,18,26H,4,9,11,14-16H2,1-3H3. The Labute approximate surface area is 189 Å². The second kappa shape index (κ2) is 8.48. The van der Waals surface area contributed by atoms with Gasteiger partial charge in [0.15, 0.2) is 0 Å². The van der Waals surface area contributed by atoms with Crippen LogP contribution in [0.2, 0.25) is 0 Å². The molecule has 4 rings (SSSR count). The van der Waals surface area contributed by atoms with Gasteiger partial charge in [-0.15, -0.1) is 0 Å². The number of sulfonamides is 1. The number of carbonyl (C=O) groups excluding carboxylic acids is 1. The summed E-state index contributed by atoms with van der Waals surface area (Å²) in [5.74, 6) is 1.97. The Morgan fingerprint density at radius 1 is 1.16 bits per heavy atom. The zero-order chi connectivity index (χ0) is 23.0. The lowest BCUT2D eigenvalue weighted by Gasteiger charge is -2.36. The number of carbonyl (C=O) groups is 1. The van der Waals surface area contributed by atoms with Gasteiger partial charge in [-0.25, -0.2) is 18.1 Å². The average molecular weight is 459 g/mol. The molecule has 2 aliphatic carbocycles. The SMILES string of the molecule is CCOc1ccc(Oc2cc(CNS(=O)(=O)CC34CCC(CC3=O)C4(C)C)ccn2)cc1. The molecule has 2 unspecified atom stereocenters. The van der Waals surface area contributed by atoms with E-state index in [1.807, 2.05) is 32.9 Å². The van der Waals surface area contributed by atoms with Crippen LogP contribution in [0, 0.1) is 16.7 Å². The first-order valence-corrected chi connectivity index (χ1v) is 12.7. The minimum Gasteiger partial charge on any atom is -0.494 e. The molecule has 2 saturated carbocycles. The van der Waals surface area contributed by atoms with Crippen LogP contribution in [0.5, 0.6) is 17.4 Å². The third-order valence-corrected chi connectivity index (χ3v) is 8.69. The summed E-state index contributed by atoms with van der Waals surface area (Å²) in [6, 6.07) is 10.6. The highest BCUT2D eigenvalue weighted by Crippen LogP contribution is 2.64. The van der Waals surface area contributed by atoms with Crippen molar-refractivity contribution in [3.8, 4) is 17.4 Å². The maximum Gasteiger partial charge on any atom is 0.219 e. The van der Waals surface area contributed by atoms with Crippen molar-refractivity contribution in [2.75, 3.05) is 12.4 Å². The molecule has 1 aromatic carbocycles. The van der Waals surface area contributed by atoms with E-state index in [-0.39, 0.29) is 29.4 Å². The number of aromatic nitrogens is 1. The highest BCUT2D eigenvalue weighted by atomic mass is 32.2. The van der Waals surface area contributed by atoms with E-state index >= 15 is 0 Å². The molecule has 2 aromatic rings. The van der Waals surface area contributed by atoms with Crippen molar-refractivity contribution >= 4 is 15.8 Å². The second-order valence-corrected chi connectivity index (χ2v) is 11.1. The molecule has 0 saturated heterocycles. The molecule has 2 aliphatic rings. The maximum absolute atomic E-state index is 12.9. The zero-order valence-corrected chi connectivity index (χ0v) is 19.6. The minimum atomic E-state index is -3.64. The van der Waals surface area contributed by atoms with Crippen LogP contribution < -0.4 is 14.2 Å². The van der Waals surface area contributed by atoms with E-state index < -0.39 is 15.4 Å². The van der Waals surface area contributed by atoms with Crippen molar-refractivity contribution in [1.82, 2.24) is 9.71 Å². The Balaban J connectivity index is 1.40. The Morgan fingerprint density at radius 3 is 2.50 bits per heavy atom. The Hall–Kier alpha value is -2.45. The highest BCUT2D eigenvalue weighted by Gasteiger charge is 2.65. The monoisotopic (exact) mass is 458 g/mol. The van der Waals surface area contributed by atoms with Crippen LogP contribution in [0.1, 0.15) is 45.6 Å². The molecule has 0 radical (unpaired) electrons. The number of Topliss-reactive ketones (excluding diaryl/α,β-unsaturated/α-hetero) is 1. The Kier molecular flexibility index (Phi) is 6.02. The van der Waals surface area contributed by atoms with Crippen molar-refractivity contribution in [2.45, 2.75) is 46.6 Å². The molecular formula is C24H30N2O5S. The van der Waals surface area contributed by atoms with Crippen LogP contribution in [0.25, 0.3) is 0 Å². The summed E-state index contributed by atoms with van der Waals surface area (Å²) in [4.78, 5) is 16.9. The predicted octanol–water partition coefficient (Wildman–Crippen LogP) is 4.09. The van der Waals surface area contributed by atoms with E-state index in [4.69, 9.17) is 9.47 Å². The molecule has 2 bridgehead atoms. The zero-order valence-electron chi connectivity index (χ0n) is 18.8. The summed E-state index contributed by atoms with van der Waals surface area (Å²) in [6.45, 7) is 6.70. The summed E-state index contributed by atoms with van der Waals surface area (Å²) in [5, 5.41) is 0. The number of rotatable bonds is 9. The van der Waals surface area contributed by atoms with Gasteiger partial charge in [0.25, 0.3) is 0 Å². The smallest absolute Gasteiger partial charge is 0.219 e. The van der Waals surface area contributed by atoms with Crippen molar-refractivity contribution in [1.29, 1.82) is 0 Å². The van der Waals surface area contributed by atoms with Gasteiger partial charge >= 0.3 is 0 Å². The number of hydrogen-bond donors (Lipinski definition) is 1. The van der Waals surface area contributed by atoms with Gasteiger partial charge in [-0.1, -0.05) is 13.8 Å². The van der Waals surface area contributed by atoms with E-state index in [1.54, 1.807) is 30.5 Å². The average Bonchev–Trinajstić information content (AvgIpc) is 3.08. The molecule has 8 heteroatoms. The fraction of sp³-hybridized carbons (Fsp3) is 0.500. The van der Waals surface area contributed by atoms with Crippen molar-refractivity contribution in [2.24, 2.45) is 16.7 Å². The van der Waals surface area contributed by atoms with E-state index in [0.29, 0.717) is 31.1 Å². The van der Waals surface area contributed by atoms with Gasteiger partial charge in [0.2, 0.25) is 15.9 Å². The fourth-order valence-electron chi connectivity index (χ4n) is 5.18. The third kappa shape index (κ3) is 4.26. The first-order valence-electron chi connectivity index (χ1n) is 11.0. The molecule has 1 N–H and O–H groups in total. The number of fused-ring (bicyclic) bond motifs is 2. The Morgan fingerprint density at radius 2 is 1.88 bits per heavy atom. The normalized spacial score (nSPS) is 24.0. The van der Waals surface area contributed by atoms with Gasteiger partial charge < -0.3 is 9.47 Å². The fourth-order valence-corrected chi connectivity index (χ4v) is 7.00. The highest BCUT2D eigenvalue weighted by molar-refractivity contribution is 7.89. The molecular weight excluding hydrogens is 428 g/mol. The quantitative estimate of drug-likeness (QED) is 0.608. The summed E-state index contributed by atoms with van der Waals surface area (Å²) in [6.07, 6.45) is 3.65. The van der Waals surface area contributed by atoms with E-state index in [1.165, 1.54) is 0 Å². The molecule has 2 atom stereocenters. The maximum atomic E-state index is 12.9. The van der Waals surface area contributed by atoms with Gasteiger partial charge in [0.05, 0.1) is 12.4 Å². The van der Waals surface area contributed by atoms with Gasteiger partial charge in [-0.2, -0.15) is 0 Å². The first kappa shape index (κ1) is 22.7. The molecule has 32 heavy (non-hydrogen) atoms. The number of ketones is 1. The molecule has 1 aromatic heterocycles. The summed E-state index contributed by atoms with van der Waals surface area (Å²) in [7, 11) is -3.64. The van der Waals surface area contributed by atoms with E-state index in [9.17, 15) is 13.2 Å². The summed E-state index contributed by atoms with van der Waals surface area (Å²) >= 11 is 0. The number of nitrogens with one attached hydrogen (secondary N) is 1. The summed E-state index contributed by atoms with van der Waals surface area (Å²) in [5.41, 5.74) is -0.332. The van der Waals surface area contributed by atoms with Gasteiger partial charge in [-0.05, 0) is 67.0 Å². The van der Waals surface area contributed by atoms with Crippen LogP contribution in [-0.4, -0.2) is 31.5 Å². The lowest BCUT2D eigenvalue weighted by Crippen LogP contribution is -2.45. The number of nitrogens with zero attached hydrogens (tertiary/aromatic N) is 1. The van der Waals surface area contributed by atoms with Crippen molar-refractivity contribution < 1.29 is 22.7 Å². The lowest BCUT2D eigenvalue weighted by molar-refractivity contribution is -0.128. The molecule has 0 aliphatic heterocycles. The second-order valence-electron chi connectivity index (χ2n) is 9.26. The predicted molar refractivity (Wildman–Crippen MR) is 121 cm³/mol. The first-order chi connectivity index (χ1) is 15.1. The number of hydrogen-bond acceptors (Lipinski definition) is 6. The van der Waals surface area contributed by atoms with Gasteiger partial charge in [0.1, 0.15) is 17.3 Å². The Bertz CT molecular complexity index is 1100.